The molecule has 8 heteroatoms. The molecule has 21 heavy (non-hydrogen) atoms. The van der Waals surface area contributed by atoms with Crippen LogP contribution in [0, 0.1) is 10.1 Å². The molecule has 0 aliphatic carbocycles. The Labute approximate surface area is 121 Å². The van der Waals surface area contributed by atoms with E-state index in [-0.39, 0.29) is 29.4 Å². The number of amides is 1. The van der Waals surface area contributed by atoms with E-state index in [0.29, 0.717) is 5.82 Å². The molecule has 0 spiro atoms. The lowest BCUT2D eigenvalue weighted by Crippen LogP contribution is -2.29. The van der Waals surface area contributed by atoms with Crippen molar-refractivity contribution >= 4 is 11.6 Å². The Kier molecular flexibility index (Phi) is 4.06. The summed E-state index contributed by atoms with van der Waals surface area (Å²) >= 11 is 0. The van der Waals surface area contributed by atoms with Crippen LogP contribution >= 0.6 is 0 Å². The van der Waals surface area contributed by atoms with E-state index >= 15 is 0 Å². The Morgan fingerprint density at radius 3 is 2.71 bits per heavy atom. The number of H-pyrrole nitrogens is 1. The van der Waals surface area contributed by atoms with Crippen molar-refractivity contribution in [1.29, 1.82) is 0 Å². The van der Waals surface area contributed by atoms with Gasteiger partial charge in [0.05, 0.1) is 17.2 Å². The average molecular weight is 291 g/mol. The first-order valence-corrected chi connectivity index (χ1v) is 6.56. The summed E-state index contributed by atoms with van der Waals surface area (Å²) in [6.07, 6.45) is 4.64. The van der Waals surface area contributed by atoms with Crippen LogP contribution in [0.25, 0.3) is 0 Å². The van der Waals surface area contributed by atoms with Crippen LogP contribution in [0.1, 0.15) is 49.2 Å². The van der Waals surface area contributed by atoms with Crippen molar-refractivity contribution < 1.29 is 9.72 Å². The lowest BCUT2D eigenvalue weighted by Gasteiger charge is -2.15. The Hall–Kier alpha value is -2.64. The van der Waals surface area contributed by atoms with Gasteiger partial charge in [0.25, 0.3) is 11.6 Å². The standard InChI is InChI=1S/C13H17N5O3/c1-8(2)17-7-10(18(20)21)6-11(17)13(19)16-9(3)12-14-4-5-15-12/h4-9H,1-3H3,(H,14,15)(H,16,19). The lowest BCUT2D eigenvalue weighted by atomic mass is 10.3. The van der Waals surface area contributed by atoms with Crippen LogP contribution in [0.2, 0.25) is 0 Å². The number of hydrogen-bond acceptors (Lipinski definition) is 4. The molecule has 1 atom stereocenters. The SMILES string of the molecule is CC(NC(=O)c1cc([N+](=O)[O-])cn1C(C)C)c1ncc[nH]1. The molecule has 2 aromatic heterocycles. The third-order valence-corrected chi connectivity index (χ3v) is 3.11. The molecule has 112 valence electrons. The van der Waals surface area contributed by atoms with Crippen molar-refractivity contribution in [3.05, 3.63) is 46.3 Å². The van der Waals surface area contributed by atoms with E-state index in [9.17, 15) is 14.9 Å². The first-order chi connectivity index (χ1) is 9.90. The molecule has 1 unspecified atom stereocenters. The molecule has 8 nitrogen and oxygen atoms in total. The summed E-state index contributed by atoms with van der Waals surface area (Å²) in [5, 5.41) is 13.6. The van der Waals surface area contributed by atoms with E-state index < -0.39 is 4.92 Å². The fraction of sp³-hybridized carbons (Fsp3) is 0.385. The predicted octanol–water partition coefficient (Wildman–Crippen LogP) is 2.19. The van der Waals surface area contributed by atoms with Gasteiger partial charge in [0.1, 0.15) is 11.5 Å². The van der Waals surface area contributed by atoms with Crippen molar-refractivity contribution in [2.75, 3.05) is 0 Å². The highest BCUT2D eigenvalue weighted by Crippen LogP contribution is 2.21. The van der Waals surface area contributed by atoms with E-state index in [0.717, 1.165) is 0 Å². The molecule has 2 N–H and O–H groups in total. The van der Waals surface area contributed by atoms with Crippen LogP contribution in [0.4, 0.5) is 5.69 Å². The van der Waals surface area contributed by atoms with Gasteiger partial charge in [0.2, 0.25) is 0 Å². The van der Waals surface area contributed by atoms with Gasteiger partial charge in [-0.3, -0.25) is 14.9 Å². The molecule has 0 saturated carbocycles. The van der Waals surface area contributed by atoms with Crippen LogP contribution in [-0.4, -0.2) is 25.4 Å². The van der Waals surface area contributed by atoms with Crippen molar-refractivity contribution in [3.8, 4) is 0 Å². The fourth-order valence-electron chi connectivity index (χ4n) is 2.03. The highest BCUT2D eigenvalue weighted by Gasteiger charge is 2.22. The van der Waals surface area contributed by atoms with Gasteiger partial charge >= 0.3 is 0 Å². The third-order valence-electron chi connectivity index (χ3n) is 3.11. The second kappa shape index (κ2) is 5.78. The fourth-order valence-corrected chi connectivity index (χ4v) is 2.03. The van der Waals surface area contributed by atoms with Gasteiger partial charge in [-0.1, -0.05) is 0 Å². The molecule has 0 bridgehead atoms. The highest BCUT2D eigenvalue weighted by atomic mass is 16.6. The number of hydrogen-bond donors (Lipinski definition) is 2. The maximum atomic E-state index is 12.3. The monoisotopic (exact) mass is 291 g/mol. The van der Waals surface area contributed by atoms with E-state index in [1.54, 1.807) is 23.9 Å². The van der Waals surface area contributed by atoms with Gasteiger partial charge in [-0.25, -0.2) is 4.98 Å². The van der Waals surface area contributed by atoms with E-state index in [2.05, 4.69) is 15.3 Å². The summed E-state index contributed by atoms with van der Waals surface area (Å²) in [5.74, 6) is 0.251. The second-order valence-electron chi connectivity index (χ2n) is 5.01. The molecule has 0 aliphatic heterocycles. The number of nitro groups is 1. The third kappa shape index (κ3) is 3.10. The number of nitrogens with one attached hydrogen (secondary N) is 2. The quantitative estimate of drug-likeness (QED) is 0.650. The molecule has 0 radical (unpaired) electrons. The number of nitrogens with zero attached hydrogens (tertiary/aromatic N) is 3. The zero-order valence-electron chi connectivity index (χ0n) is 12.0. The van der Waals surface area contributed by atoms with Crippen molar-refractivity contribution in [2.45, 2.75) is 32.9 Å². The minimum Gasteiger partial charge on any atom is -0.347 e. The van der Waals surface area contributed by atoms with Crippen molar-refractivity contribution in [2.24, 2.45) is 0 Å². The molecule has 1 amide bonds. The predicted molar refractivity (Wildman–Crippen MR) is 75.9 cm³/mol. The number of rotatable bonds is 5. The minimum atomic E-state index is -0.508. The Balaban J connectivity index is 2.24. The Morgan fingerprint density at radius 2 is 2.19 bits per heavy atom. The molecular weight excluding hydrogens is 274 g/mol. The first kappa shape index (κ1) is 14.8. The van der Waals surface area contributed by atoms with Gasteiger partial charge in [-0.2, -0.15) is 0 Å². The van der Waals surface area contributed by atoms with Gasteiger partial charge in [0.15, 0.2) is 0 Å². The first-order valence-electron chi connectivity index (χ1n) is 6.56. The molecule has 0 aliphatic rings. The van der Waals surface area contributed by atoms with Crippen LogP contribution in [0.5, 0.6) is 0 Å². The maximum absolute atomic E-state index is 12.3. The largest absolute Gasteiger partial charge is 0.347 e. The molecule has 0 fully saturated rings. The van der Waals surface area contributed by atoms with Crippen LogP contribution in [0.15, 0.2) is 24.7 Å². The van der Waals surface area contributed by atoms with E-state index in [4.69, 9.17) is 0 Å². The molecule has 2 heterocycles. The second-order valence-corrected chi connectivity index (χ2v) is 5.01. The number of imidazole rings is 1. The summed E-state index contributed by atoms with van der Waals surface area (Å²) in [5.41, 5.74) is 0.162. The summed E-state index contributed by atoms with van der Waals surface area (Å²) in [6.45, 7) is 5.50. The van der Waals surface area contributed by atoms with Crippen LogP contribution < -0.4 is 5.32 Å². The normalized spacial score (nSPS) is 12.4. The average Bonchev–Trinajstić information content (AvgIpc) is 3.08. The van der Waals surface area contributed by atoms with E-state index in [1.165, 1.54) is 12.3 Å². The Bertz CT molecular complexity index is 645. The van der Waals surface area contributed by atoms with Gasteiger partial charge in [0, 0.05) is 24.5 Å². The van der Waals surface area contributed by atoms with Crippen LogP contribution in [-0.2, 0) is 0 Å². The zero-order chi connectivity index (χ0) is 15.6. The lowest BCUT2D eigenvalue weighted by molar-refractivity contribution is -0.384. The molecule has 2 aromatic rings. The molecular formula is C13H17N5O3. The van der Waals surface area contributed by atoms with Crippen LogP contribution in [0.3, 0.4) is 0 Å². The number of carbonyl (C=O) groups is 1. The van der Waals surface area contributed by atoms with Gasteiger partial charge < -0.3 is 14.9 Å². The van der Waals surface area contributed by atoms with E-state index in [1.807, 2.05) is 13.8 Å². The smallest absolute Gasteiger partial charge is 0.287 e. The summed E-state index contributed by atoms with van der Waals surface area (Å²) in [6, 6.07) is 0.907. The highest BCUT2D eigenvalue weighted by molar-refractivity contribution is 5.93. The maximum Gasteiger partial charge on any atom is 0.287 e. The topological polar surface area (TPSA) is 106 Å². The van der Waals surface area contributed by atoms with Crippen molar-refractivity contribution in [1.82, 2.24) is 19.9 Å². The van der Waals surface area contributed by atoms with Crippen molar-refractivity contribution in [3.63, 3.8) is 0 Å². The molecule has 0 saturated heterocycles. The summed E-state index contributed by atoms with van der Waals surface area (Å²) in [4.78, 5) is 29.7. The number of carbonyl (C=O) groups excluding carboxylic acids is 1. The molecule has 0 aromatic carbocycles. The Morgan fingerprint density at radius 1 is 1.48 bits per heavy atom. The number of aromatic amines is 1. The number of aromatic nitrogens is 3. The summed E-state index contributed by atoms with van der Waals surface area (Å²) < 4.78 is 1.59. The van der Waals surface area contributed by atoms with Gasteiger partial charge in [-0.15, -0.1) is 0 Å². The van der Waals surface area contributed by atoms with Gasteiger partial charge in [-0.05, 0) is 20.8 Å². The minimum absolute atomic E-state index is 0.0571. The molecule has 2 rings (SSSR count). The summed E-state index contributed by atoms with van der Waals surface area (Å²) in [7, 11) is 0. The zero-order valence-corrected chi connectivity index (χ0v) is 12.0.